The van der Waals surface area contributed by atoms with Crippen LogP contribution in [0.15, 0.2) is 71.8 Å². The van der Waals surface area contributed by atoms with Crippen LogP contribution in [0.5, 0.6) is 0 Å². The number of ketones is 1. The van der Waals surface area contributed by atoms with Crippen molar-refractivity contribution in [3.8, 4) is 0 Å². The van der Waals surface area contributed by atoms with E-state index >= 15 is 4.79 Å². The fourth-order valence-electron chi connectivity index (χ4n) is 10.1. The van der Waals surface area contributed by atoms with Gasteiger partial charge in [-0.25, -0.2) is 14.4 Å². The summed E-state index contributed by atoms with van der Waals surface area (Å²) in [7, 11) is 0. The molecule has 3 fully saturated rings. The van der Waals surface area contributed by atoms with Crippen LogP contribution in [0.3, 0.4) is 0 Å². The van der Waals surface area contributed by atoms with Crippen molar-refractivity contribution in [1.29, 1.82) is 0 Å². The molecule has 1 unspecified atom stereocenters. The Morgan fingerprint density at radius 1 is 1.00 bits per heavy atom. The maximum Gasteiger partial charge on any atom is 0.408 e. The minimum Gasteiger partial charge on any atom is -0.455 e. The highest BCUT2D eigenvalue weighted by atomic mass is 16.6. The second kappa shape index (κ2) is 18.2. The van der Waals surface area contributed by atoms with Crippen molar-refractivity contribution in [1.82, 2.24) is 5.32 Å². The number of nitrogens with one attached hydrogen (secondary N) is 1. The van der Waals surface area contributed by atoms with Gasteiger partial charge in [0, 0.05) is 35.7 Å². The van der Waals surface area contributed by atoms with Crippen molar-refractivity contribution < 1.29 is 81.7 Å². The van der Waals surface area contributed by atoms with E-state index in [1.807, 2.05) is 0 Å². The molecule has 0 aromatic heterocycles. The number of benzene rings is 2. The molecule has 12 atom stereocenters. The summed E-state index contributed by atoms with van der Waals surface area (Å²) in [5.74, 6) is -6.77. The van der Waals surface area contributed by atoms with Crippen molar-refractivity contribution in [2.24, 2.45) is 16.7 Å². The van der Waals surface area contributed by atoms with Gasteiger partial charge in [0.05, 0.1) is 35.7 Å². The van der Waals surface area contributed by atoms with Crippen LogP contribution >= 0.6 is 0 Å². The van der Waals surface area contributed by atoms with Gasteiger partial charge < -0.3 is 54.2 Å². The summed E-state index contributed by atoms with van der Waals surface area (Å²) >= 11 is 0. The van der Waals surface area contributed by atoms with Gasteiger partial charge in [-0.05, 0) is 76.7 Å². The minimum atomic E-state index is -2.80. The Balaban J connectivity index is 1.52. The molecular formula is C48H61NO16. The number of Topliss-reactive ketones (excluding diaryl/α,β-unsaturated/α-hetero) is 1. The first kappa shape index (κ1) is 45.0. The van der Waals surface area contributed by atoms with Gasteiger partial charge in [0.2, 0.25) is 6.10 Å². The molecule has 2 aromatic rings. The maximum atomic E-state index is 15.2. The Labute approximate surface area is 382 Å². The molecule has 1 heterocycles. The number of esters is 4. The first-order valence-electron chi connectivity index (χ1n) is 23.1. The van der Waals surface area contributed by atoms with Gasteiger partial charge in [-0.15, -0.1) is 0 Å². The third-order valence-electron chi connectivity index (χ3n) is 13.5. The van der Waals surface area contributed by atoms with Crippen LogP contribution in [0.2, 0.25) is 0 Å². The highest BCUT2D eigenvalue weighted by Gasteiger charge is 2.78. The second-order valence-corrected chi connectivity index (χ2v) is 18.8. The van der Waals surface area contributed by atoms with Crippen LogP contribution in [-0.2, 0) is 47.6 Å². The number of amides is 1. The van der Waals surface area contributed by atoms with Gasteiger partial charge in [-0.2, -0.15) is 0 Å². The zero-order valence-electron chi connectivity index (χ0n) is 40.7. The van der Waals surface area contributed by atoms with Crippen molar-refractivity contribution in [2.75, 3.05) is 6.61 Å². The highest BCUT2D eigenvalue weighted by molar-refractivity contribution is 5.94. The van der Waals surface area contributed by atoms with E-state index in [4.69, 9.17) is 32.5 Å². The minimum absolute atomic E-state index is 0.0227. The molecule has 17 heteroatoms. The third kappa shape index (κ3) is 9.17. The van der Waals surface area contributed by atoms with E-state index in [2.05, 4.69) is 5.32 Å². The molecule has 65 heavy (non-hydrogen) atoms. The molecule has 1 aliphatic heterocycles. The summed E-state index contributed by atoms with van der Waals surface area (Å²) in [6.07, 6.45) is -14.1. The average molecular weight is 911 g/mol. The Morgan fingerprint density at radius 3 is 2.20 bits per heavy atom. The van der Waals surface area contributed by atoms with Crippen LogP contribution in [-0.4, -0.2) is 122 Å². The third-order valence-corrected chi connectivity index (χ3v) is 13.5. The van der Waals surface area contributed by atoms with E-state index < -0.39 is 138 Å². The predicted molar refractivity (Wildman–Crippen MR) is 228 cm³/mol. The second-order valence-electron chi connectivity index (χ2n) is 18.8. The Bertz CT molecular complexity index is 2300. The van der Waals surface area contributed by atoms with Crippen molar-refractivity contribution >= 4 is 35.8 Å². The monoisotopic (exact) mass is 910 g/mol. The van der Waals surface area contributed by atoms with Crippen LogP contribution < -0.4 is 5.32 Å². The van der Waals surface area contributed by atoms with Crippen LogP contribution in [0, 0.1) is 16.7 Å². The number of hydrogen-bond donors (Lipinski definition) is 5. The first-order chi connectivity index (χ1) is 31.5. The Kier molecular flexibility index (Phi) is 12.6. The number of rotatable bonds is 12. The fraction of sp³-hybridized carbons (Fsp3) is 0.583. The molecule has 354 valence electrons. The summed E-state index contributed by atoms with van der Waals surface area (Å²) in [4.78, 5) is 84.5. The molecule has 5 N–H and O–H groups in total. The van der Waals surface area contributed by atoms with E-state index in [1.54, 1.807) is 36.4 Å². The standard InChI is InChI=1S/C48H61NO16/c1-25(50)20-21-33(53)62-37(35(28-16-12-10-13-17-28)49-43(58)65-44(4,5)6)42(57)61-30-23-48(59)40(63-41(56)29-18-14-11-15-19-29)38-46(9,39(55)36(54)34(26(30)2)45(48,7)8)31(52)22-32-47(38,24-60-32)64-27(3)51/h10-19,25,30-32,35-38,40,50,52,54,59H,20-24H2,1-9H3,(H,49,58)/t25?,30-,31-,32+,35-,36+,37+,38-,40-,46+,47-,48+/m0/s1/i4D3. The number of carbonyl (C=O) groups excluding carboxylic acids is 6. The molecule has 4 aliphatic rings. The Hall–Kier alpha value is -5.20. The summed E-state index contributed by atoms with van der Waals surface area (Å²) in [5.41, 5.74) is -10.1. The van der Waals surface area contributed by atoms with Gasteiger partial charge in [-0.1, -0.05) is 62.4 Å². The van der Waals surface area contributed by atoms with E-state index in [9.17, 15) is 44.4 Å². The number of alkyl carbamates (subject to hydrolysis) is 1. The van der Waals surface area contributed by atoms with Gasteiger partial charge >= 0.3 is 30.0 Å². The number of ether oxygens (including phenoxy) is 6. The molecular weight excluding hydrogens is 847 g/mol. The Morgan fingerprint density at radius 2 is 1.63 bits per heavy atom. The van der Waals surface area contributed by atoms with Gasteiger partial charge in [0.15, 0.2) is 11.4 Å². The maximum absolute atomic E-state index is 15.2. The lowest BCUT2D eigenvalue weighted by molar-refractivity contribution is -0.346. The molecule has 3 aliphatic carbocycles. The predicted octanol–water partition coefficient (Wildman–Crippen LogP) is 3.97. The topological polar surface area (TPSA) is 251 Å². The molecule has 2 aromatic carbocycles. The van der Waals surface area contributed by atoms with Crippen molar-refractivity contribution in [3.05, 3.63) is 82.9 Å². The normalized spacial score (nSPS) is 32.6. The summed E-state index contributed by atoms with van der Waals surface area (Å²) in [6.45, 7) is 7.47. The molecule has 1 amide bonds. The number of fused-ring (bicyclic) bond motifs is 5. The van der Waals surface area contributed by atoms with Gasteiger partial charge in [0.25, 0.3) is 0 Å². The van der Waals surface area contributed by atoms with Crippen LogP contribution in [0.1, 0.15) is 114 Å². The van der Waals surface area contributed by atoms with Gasteiger partial charge in [-0.3, -0.25) is 14.4 Å². The molecule has 17 nitrogen and oxygen atoms in total. The molecule has 6 rings (SSSR count). The van der Waals surface area contributed by atoms with Gasteiger partial charge in [0.1, 0.15) is 41.7 Å². The highest BCUT2D eigenvalue weighted by Crippen LogP contribution is 2.64. The number of hydrogen-bond acceptors (Lipinski definition) is 16. The number of carbonyl (C=O) groups is 6. The fourth-order valence-corrected chi connectivity index (χ4v) is 10.1. The summed E-state index contributed by atoms with van der Waals surface area (Å²) < 4.78 is 59.1. The molecule has 2 saturated carbocycles. The summed E-state index contributed by atoms with van der Waals surface area (Å²) in [5, 5.41) is 50.4. The van der Waals surface area contributed by atoms with Crippen LogP contribution in [0.4, 0.5) is 4.79 Å². The molecule has 2 bridgehead atoms. The lowest BCUT2D eigenvalue weighted by Crippen LogP contribution is -2.81. The molecule has 0 radical (unpaired) electrons. The SMILES string of the molecule is [2H]C([2H])([2H])C(C)(C)OC(=O)N[C@@H](c1ccccc1)[C@@H](OC(=O)CCC(C)O)C(=O)O[C@H]1C[C@@]2(O)[C@@H](OC(=O)c3ccccc3)[C@@H]3[C@]4(OC(C)=O)CO[C@@H]4C[C@H](O)[C@@]3(C)C(=O)[C@H](O)C(=C1C)C2(C)C. The molecule has 0 spiro atoms. The first-order valence-corrected chi connectivity index (χ1v) is 21.6. The lowest BCUT2D eigenvalue weighted by Gasteiger charge is -2.67. The van der Waals surface area contributed by atoms with Crippen molar-refractivity contribution in [2.45, 2.75) is 153 Å². The largest absolute Gasteiger partial charge is 0.455 e. The lowest BCUT2D eigenvalue weighted by atomic mass is 9.44. The zero-order valence-corrected chi connectivity index (χ0v) is 37.7. The van der Waals surface area contributed by atoms with E-state index in [0.717, 1.165) is 20.8 Å². The summed E-state index contributed by atoms with van der Waals surface area (Å²) in [6, 6.07) is 13.7. The number of aliphatic hydroxyl groups excluding tert-OH is 3. The quantitative estimate of drug-likeness (QED) is 0.115. The number of aliphatic hydroxyl groups is 4. The van der Waals surface area contributed by atoms with E-state index in [-0.39, 0.29) is 41.7 Å². The molecule has 1 saturated heterocycles. The van der Waals surface area contributed by atoms with E-state index in [0.29, 0.717) is 0 Å². The van der Waals surface area contributed by atoms with E-state index in [1.165, 1.54) is 58.9 Å². The average Bonchev–Trinajstić information content (AvgIpc) is 3.25. The smallest absolute Gasteiger partial charge is 0.408 e. The van der Waals surface area contributed by atoms with Crippen molar-refractivity contribution in [3.63, 3.8) is 0 Å². The zero-order chi connectivity index (χ0) is 50.5. The van der Waals surface area contributed by atoms with Crippen LogP contribution in [0.25, 0.3) is 0 Å².